The third-order valence-corrected chi connectivity index (χ3v) is 4.50. The van der Waals surface area contributed by atoms with Gasteiger partial charge in [-0.15, -0.1) is 0 Å². The summed E-state index contributed by atoms with van der Waals surface area (Å²) in [5.74, 6) is -0.245. The van der Waals surface area contributed by atoms with Crippen LogP contribution in [0.4, 0.5) is 4.39 Å². The Morgan fingerprint density at radius 2 is 2.19 bits per heavy atom. The Kier molecular flexibility index (Phi) is 4.45. The molecule has 1 aliphatic heterocycles. The molecule has 0 bridgehead atoms. The van der Waals surface area contributed by atoms with Crippen LogP contribution in [-0.4, -0.2) is 36.5 Å². The first-order chi connectivity index (χ1) is 10.1. The smallest absolute Gasteiger partial charge is 0.257 e. The highest BCUT2D eigenvalue weighted by Gasteiger charge is 2.35. The van der Waals surface area contributed by atoms with Gasteiger partial charge >= 0.3 is 0 Å². The number of amides is 1. The molecule has 1 saturated heterocycles. The van der Waals surface area contributed by atoms with Gasteiger partial charge in [0.1, 0.15) is 5.82 Å². The summed E-state index contributed by atoms with van der Waals surface area (Å²) in [6.07, 6.45) is 4.31. The van der Waals surface area contributed by atoms with E-state index in [1.54, 1.807) is 0 Å². The van der Waals surface area contributed by atoms with Crippen LogP contribution in [0.2, 0.25) is 5.02 Å². The number of nitrogens with one attached hydrogen (secondary N) is 1. The third kappa shape index (κ3) is 3.55. The highest BCUT2D eigenvalue weighted by atomic mass is 35.5. The SMILES string of the molecule is O=C(c1cc(Cl)ccc1F)N(CC1CCCNC1)C1CC1. The summed E-state index contributed by atoms with van der Waals surface area (Å²) in [6, 6.07) is 4.45. The van der Waals surface area contributed by atoms with E-state index in [4.69, 9.17) is 11.6 Å². The number of hydrogen-bond donors (Lipinski definition) is 1. The van der Waals surface area contributed by atoms with Crippen molar-refractivity contribution in [2.24, 2.45) is 5.92 Å². The highest BCUT2D eigenvalue weighted by molar-refractivity contribution is 6.31. The summed E-state index contributed by atoms with van der Waals surface area (Å²) in [4.78, 5) is 14.5. The summed E-state index contributed by atoms with van der Waals surface area (Å²) >= 11 is 5.91. The van der Waals surface area contributed by atoms with Gasteiger partial charge in [-0.05, 0) is 62.9 Å². The van der Waals surface area contributed by atoms with E-state index in [0.29, 0.717) is 17.5 Å². The van der Waals surface area contributed by atoms with Crippen LogP contribution in [0.25, 0.3) is 0 Å². The normalized spacial score (nSPS) is 22.1. The van der Waals surface area contributed by atoms with E-state index in [0.717, 1.165) is 38.8 Å². The first kappa shape index (κ1) is 14.8. The molecule has 1 atom stereocenters. The van der Waals surface area contributed by atoms with Gasteiger partial charge in [0.25, 0.3) is 5.91 Å². The van der Waals surface area contributed by atoms with Gasteiger partial charge in [-0.3, -0.25) is 4.79 Å². The maximum Gasteiger partial charge on any atom is 0.257 e. The molecule has 2 aliphatic rings. The van der Waals surface area contributed by atoms with Crippen LogP contribution in [0.5, 0.6) is 0 Å². The van der Waals surface area contributed by atoms with Crippen molar-refractivity contribution in [3.63, 3.8) is 0 Å². The minimum atomic E-state index is -0.489. The topological polar surface area (TPSA) is 32.3 Å². The number of nitrogens with zero attached hydrogens (tertiary/aromatic N) is 1. The molecule has 1 N–H and O–H groups in total. The monoisotopic (exact) mass is 310 g/mol. The van der Waals surface area contributed by atoms with Crippen LogP contribution in [0.3, 0.4) is 0 Å². The molecule has 1 heterocycles. The lowest BCUT2D eigenvalue weighted by Crippen LogP contribution is -2.42. The number of carbonyl (C=O) groups is 1. The van der Waals surface area contributed by atoms with Crippen LogP contribution < -0.4 is 5.32 Å². The Morgan fingerprint density at radius 1 is 1.38 bits per heavy atom. The molecule has 1 amide bonds. The second-order valence-corrected chi connectivity index (χ2v) is 6.46. The Bertz CT molecular complexity index is 527. The van der Waals surface area contributed by atoms with Gasteiger partial charge in [0.2, 0.25) is 0 Å². The third-order valence-electron chi connectivity index (χ3n) is 4.26. The van der Waals surface area contributed by atoms with Crippen LogP contribution in [-0.2, 0) is 0 Å². The van der Waals surface area contributed by atoms with E-state index in [1.165, 1.54) is 18.2 Å². The highest BCUT2D eigenvalue weighted by Crippen LogP contribution is 2.31. The van der Waals surface area contributed by atoms with E-state index < -0.39 is 5.82 Å². The second-order valence-electron chi connectivity index (χ2n) is 6.03. The fourth-order valence-corrected chi connectivity index (χ4v) is 3.13. The summed E-state index contributed by atoms with van der Waals surface area (Å²) in [7, 11) is 0. The van der Waals surface area contributed by atoms with Gasteiger partial charge in [-0.25, -0.2) is 4.39 Å². The maximum absolute atomic E-state index is 13.9. The fraction of sp³-hybridized carbons (Fsp3) is 0.562. The number of rotatable bonds is 4. The minimum absolute atomic E-state index is 0.0955. The van der Waals surface area contributed by atoms with Crippen molar-refractivity contribution in [3.8, 4) is 0 Å². The molecule has 1 aromatic carbocycles. The van der Waals surface area contributed by atoms with Crippen molar-refractivity contribution in [1.29, 1.82) is 0 Å². The lowest BCUT2D eigenvalue weighted by atomic mass is 9.98. The predicted octanol–water partition coefficient (Wildman–Crippen LogP) is 3.08. The van der Waals surface area contributed by atoms with Crippen molar-refractivity contribution in [1.82, 2.24) is 10.2 Å². The molecular weight excluding hydrogens is 291 g/mol. The Morgan fingerprint density at radius 3 is 2.86 bits per heavy atom. The first-order valence-corrected chi connectivity index (χ1v) is 7.99. The molecule has 1 unspecified atom stereocenters. The molecule has 114 valence electrons. The van der Waals surface area contributed by atoms with E-state index >= 15 is 0 Å². The van der Waals surface area contributed by atoms with Crippen molar-refractivity contribution < 1.29 is 9.18 Å². The lowest BCUT2D eigenvalue weighted by molar-refractivity contribution is 0.0699. The van der Waals surface area contributed by atoms with Crippen molar-refractivity contribution in [2.75, 3.05) is 19.6 Å². The molecule has 5 heteroatoms. The number of hydrogen-bond acceptors (Lipinski definition) is 2. The van der Waals surface area contributed by atoms with Gasteiger partial charge < -0.3 is 10.2 Å². The van der Waals surface area contributed by atoms with E-state index in [2.05, 4.69) is 5.32 Å². The molecule has 3 rings (SSSR count). The molecular formula is C16H20ClFN2O. The van der Waals surface area contributed by atoms with Crippen LogP contribution in [0.15, 0.2) is 18.2 Å². The molecule has 2 fully saturated rings. The maximum atomic E-state index is 13.9. The molecule has 0 spiro atoms. The first-order valence-electron chi connectivity index (χ1n) is 7.62. The summed E-state index contributed by atoms with van der Waals surface area (Å²) < 4.78 is 13.9. The fourth-order valence-electron chi connectivity index (χ4n) is 2.96. The van der Waals surface area contributed by atoms with Gasteiger partial charge in [-0.2, -0.15) is 0 Å². The zero-order valence-electron chi connectivity index (χ0n) is 11.9. The van der Waals surface area contributed by atoms with Crippen LogP contribution >= 0.6 is 11.6 Å². The molecule has 1 saturated carbocycles. The molecule has 21 heavy (non-hydrogen) atoms. The summed E-state index contributed by atoms with van der Waals surface area (Å²) in [6.45, 7) is 2.70. The van der Waals surface area contributed by atoms with Gasteiger partial charge in [0, 0.05) is 17.6 Å². The number of piperidine rings is 1. The van der Waals surface area contributed by atoms with Gasteiger partial charge in [0.05, 0.1) is 5.56 Å². The zero-order valence-corrected chi connectivity index (χ0v) is 12.7. The largest absolute Gasteiger partial charge is 0.335 e. The average molecular weight is 311 g/mol. The van der Waals surface area contributed by atoms with E-state index in [1.807, 2.05) is 4.90 Å². The zero-order chi connectivity index (χ0) is 14.8. The van der Waals surface area contributed by atoms with E-state index in [9.17, 15) is 9.18 Å². The van der Waals surface area contributed by atoms with E-state index in [-0.39, 0.29) is 17.5 Å². The average Bonchev–Trinajstić information content (AvgIpc) is 3.32. The number of carbonyl (C=O) groups excluding carboxylic acids is 1. The summed E-state index contributed by atoms with van der Waals surface area (Å²) in [5, 5.41) is 3.76. The lowest BCUT2D eigenvalue weighted by Gasteiger charge is -2.30. The standard InChI is InChI=1S/C16H20ClFN2O/c17-12-3-6-15(18)14(8-12)16(21)20(13-4-5-13)10-11-2-1-7-19-9-11/h3,6,8,11,13,19H,1-2,4-5,7,9-10H2. The Balaban J connectivity index is 1.76. The minimum Gasteiger partial charge on any atom is -0.335 e. The van der Waals surface area contributed by atoms with Crippen LogP contribution in [0, 0.1) is 11.7 Å². The van der Waals surface area contributed by atoms with Crippen LogP contribution in [0.1, 0.15) is 36.0 Å². The molecule has 3 nitrogen and oxygen atoms in total. The molecule has 1 aromatic rings. The number of benzene rings is 1. The van der Waals surface area contributed by atoms with Crippen molar-refractivity contribution >= 4 is 17.5 Å². The summed E-state index contributed by atoms with van der Waals surface area (Å²) in [5.41, 5.74) is 0.0955. The Hall–Kier alpha value is -1.13. The van der Waals surface area contributed by atoms with Gasteiger partial charge in [0.15, 0.2) is 0 Å². The number of halogens is 2. The molecule has 0 radical (unpaired) electrons. The molecule has 1 aliphatic carbocycles. The van der Waals surface area contributed by atoms with Crippen molar-refractivity contribution in [2.45, 2.75) is 31.7 Å². The van der Waals surface area contributed by atoms with Gasteiger partial charge in [-0.1, -0.05) is 11.6 Å². The molecule has 0 aromatic heterocycles. The second kappa shape index (κ2) is 6.32. The predicted molar refractivity (Wildman–Crippen MR) is 81.1 cm³/mol. The quantitative estimate of drug-likeness (QED) is 0.927. The van der Waals surface area contributed by atoms with Crippen molar-refractivity contribution in [3.05, 3.63) is 34.6 Å². The Labute approximate surface area is 129 Å².